The molecule has 39 heavy (non-hydrogen) atoms. The average Bonchev–Trinajstić information content (AvgIpc) is 2.98. The molecule has 0 bridgehead atoms. The van der Waals surface area contributed by atoms with Crippen LogP contribution < -0.4 is 14.4 Å². The first kappa shape index (κ1) is 27.2. The van der Waals surface area contributed by atoms with Crippen LogP contribution in [0.3, 0.4) is 0 Å². The van der Waals surface area contributed by atoms with Crippen LogP contribution in [0.25, 0.3) is 10.8 Å². The standard InChI is InChI=1S/C29H38N6O4/c1-37-27-21-24-25(22-28(27)39-17-3-2-8-33-14-18-38-19-15-33)29(35-11-9-34(10-12-35)13-16-36)32-31-26(24)20-23-4-6-30-7-5-23/h4-7,16,21-22H,2-3,8-15,17-20H2,1H3. The highest BCUT2D eigenvalue weighted by atomic mass is 16.5. The third-order valence-corrected chi connectivity index (χ3v) is 7.48. The monoisotopic (exact) mass is 534 g/mol. The van der Waals surface area contributed by atoms with Crippen molar-refractivity contribution in [3.63, 3.8) is 0 Å². The molecule has 2 saturated heterocycles. The van der Waals surface area contributed by atoms with Crippen LogP contribution in [0.5, 0.6) is 11.5 Å². The van der Waals surface area contributed by atoms with Gasteiger partial charge in [-0.2, -0.15) is 5.10 Å². The van der Waals surface area contributed by atoms with Crippen LogP contribution in [0, 0.1) is 0 Å². The van der Waals surface area contributed by atoms with Gasteiger partial charge >= 0.3 is 0 Å². The van der Waals surface area contributed by atoms with Crippen molar-refractivity contribution in [2.75, 3.05) is 84.2 Å². The number of carbonyl (C=O) groups excluding carboxylic acids is 1. The van der Waals surface area contributed by atoms with Crippen molar-refractivity contribution in [3.05, 3.63) is 47.9 Å². The molecular formula is C29H38N6O4. The third kappa shape index (κ3) is 7.00. The molecule has 10 heteroatoms. The fourth-order valence-corrected chi connectivity index (χ4v) is 5.22. The number of aldehydes is 1. The van der Waals surface area contributed by atoms with E-state index < -0.39 is 0 Å². The molecule has 0 spiro atoms. The quantitative estimate of drug-likeness (QED) is 0.255. The van der Waals surface area contributed by atoms with Gasteiger partial charge in [0.1, 0.15) is 6.29 Å². The van der Waals surface area contributed by atoms with Crippen molar-refractivity contribution in [2.45, 2.75) is 19.3 Å². The van der Waals surface area contributed by atoms with Gasteiger partial charge in [-0.3, -0.25) is 14.8 Å². The average molecular weight is 535 g/mol. The molecule has 0 N–H and O–H groups in total. The second-order valence-corrected chi connectivity index (χ2v) is 10.0. The van der Waals surface area contributed by atoms with Gasteiger partial charge in [0.15, 0.2) is 17.3 Å². The van der Waals surface area contributed by atoms with E-state index in [1.165, 1.54) is 0 Å². The van der Waals surface area contributed by atoms with Crippen LogP contribution >= 0.6 is 0 Å². The lowest BCUT2D eigenvalue weighted by Gasteiger charge is -2.34. The summed E-state index contributed by atoms with van der Waals surface area (Å²) in [4.78, 5) is 22.0. The van der Waals surface area contributed by atoms with Gasteiger partial charge < -0.3 is 23.9 Å². The van der Waals surface area contributed by atoms with Crippen LogP contribution in [0.4, 0.5) is 5.82 Å². The van der Waals surface area contributed by atoms with E-state index in [4.69, 9.17) is 19.3 Å². The zero-order valence-electron chi connectivity index (χ0n) is 22.8. The molecule has 2 aliphatic heterocycles. The SMILES string of the molecule is COc1cc2c(Cc3ccncc3)nnc(N3CCN(CC=O)CC3)c2cc1OCCCCN1CCOCC1. The molecule has 0 amide bonds. The Bertz CT molecular complexity index is 1210. The Morgan fingerprint density at radius 3 is 2.44 bits per heavy atom. The number of anilines is 1. The van der Waals surface area contributed by atoms with Crippen LogP contribution in [-0.2, 0) is 16.0 Å². The topological polar surface area (TPSA) is 93.2 Å². The van der Waals surface area contributed by atoms with Gasteiger partial charge in [0, 0.05) is 68.9 Å². The van der Waals surface area contributed by atoms with Crippen molar-refractivity contribution >= 4 is 22.9 Å². The molecule has 1 aromatic carbocycles. The Morgan fingerprint density at radius 1 is 0.923 bits per heavy atom. The van der Waals surface area contributed by atoms with Crippen LogP contribution in [0.15, 0.2) is 36.7 Å². The Balaban J connectivity index is 1.37. The summed E-state index contributed by atoms with van der Waals surface area (Å²) in [7, 11) is 1.68. The fraction of sp³-hybridized carbons (Fsp3) is 0.517. The lowest BCUT2D eigenvalue weighted by atomic mass is 10.0. The first-order chi connectivity index (χ1) is 19.2. The van der Waals surface area contributed by atoms with Gasteiger partial charge in [-0.25, -0.2) is 0 Å². The number of unbranched alkanes of at least 4 members (excludes halogenated alkanes) is 1. The van der Waals surface area contributed by atoms with Crippen LogP contribution in [0.1, 0.15) is 24.1 Å². The van der Waals surface area contributed by atoms with Crippen molar-refractivity contribution in [1.29, 1.82) is 0 Å². The van der Waals surface area contributed by atoms with E-state index in [0.717, 1.165) is 112 Å². The number of rotatable bonds is 12. The number of fused-ring (bicyclic) bond motifs is 1. The summed E-state index contributed by atoms with van der Waals surface area (Å²) >= 11 is 0. The predicted octanol–water partition coefficient (Wildman–Crippen LogP) is 2.44. The Labute approximate surface area is 229 Å². The number of nitrogens with zero attached hydrogens (tertiary/aromatic N) is 6. The number of hydrogen-bond donors (Lipinski definition) is 0. The normalized spacial score (nSPS) is 16.9. The largest absolute Gasteiger partial charge is 0.493 e. The van der Waals surface area contributed by atoms with Crippen molar-refractivity contribution in [1.82, 2.24) is 25.0 Å². The molecule has 5 rings (SSSR count). The summed E-state index contributed by atoms with van der Waals surface area (Å²) in [6.45, 7) is 9.00. The van der Waals surface area contributed by atoms with Gasteiger partial charge in [-0.1, -0.05) is 0 Å². The summed E-state index contributed by atoms with van der Waals surface area (Å²) in [5.41, 5.74) is 2.00. The van der Waals surface area contributed by atoms with E-state index in [9.17, 15) is 4.79 Å². The molecule has 0 unspecified atom stereocenters. The summed E-state index contributed by atoms with van der Waals surface area (Å²) in [6, 6.07) is 8.10. The number of aromatic nitrogens is 3. The highest BCUT2D eigenvalue weighted by molar-refractivity contribution is 5.96. The van der Waals surface area contributed by atoms with E-state index in [1.54, 1.807) is 19.5 Å². The Kier molecular flexibility index (Phi) is 9.52. The summed E-state index contributed by atoms with van der Waals surface area (Å²) < 4.78 is 17.5. The smallest absolute Gasteiger partial charge is 0.161 e. The van der Waals surface area contributed by atoms with Gasteiger partial charge in [0.25, 0.3) is 0 Å². The lowest BCUT2D eigenvalue weighted by Crippen LogP contribution is -2.47. The van der Waals surface area contributed by atoms with Crippen molar-refractivity contribution in [3.8, 4) is 11.5 Å². The molecular weight excluding hydrogens is 496 g/mol. The first-order valence-corrected chi connectivity index (χ1v) is 13.8. The number of methoxy groups -OCH3 is 1. The number of benzene rings is 1. The minimum Gasteiger partial charge on any atom is -0.493 e. The molecule has 208 valence electrons. The van der Waals surface area contributed by atoms with Crippen molar-refractivity contribution < 1.29 is 19.0 Å². The summed E-state index contributed by atoms with van der Waals surface area (Å²) in [6.07, 6.45) is 7.24. The number of pyridine rings is 1. The highest BCUT2D eigenvalue weighted by Crippen LogP contribution is 2.37. The fourth-order valence-electron chi connectivity index (χ4n) is 5.22. The lowest BCUT2D eigenvalue weighted by molar-refractivity contribution is -0.108. The first-order valence-electron chi connectivity index (χ1n) is 13.8. The molecule has 4 heterocycles. The number of morpholine rings is 1. The minimum atomic E-state index is 0.464. The number of ether oxygens (including phenoxy) is 3. The number of carbonyl (C=O) groups is 1. The van der Waals surface area contributed by atoms with E-state index in [1.807, 2.05) is 18.2 Å². The van der Waals surface area contributed by atoms with Gasteiger partial charge in [-0.05, 0) is 49.2 Å². The summed E-state index contributed by atoms with van der Waals surface area (Å²) in [5.74, 6) is 2.26. The predicted molar refractivity (Wildman–Crippen MR) is 150 cm³/mol. The molecule has 10 nitrogen and oxygen atoms in total. The maximum atomic E-state index is 11.0. The zero-order valence-corrected chi connectivity index (χ0v) is 22.8. The third-order valence-electron chi connectivity index (χ3n) is 7.48. The second kappa shape index (κ2) is 13.6. The highest BCUT2D eigenvalue weighted by Gasteiger charge is 2.23. The molecule has 2 aromatic heterocycles. The van der Waals surface area contributed by atoms with E-state index >= 15 is 0 Å². The van der Waals surface area contributed by atoms with Gasteiger partial charge in [0.2, 0.25) is 0 Å². The number of piperazine rings is 1. The molecule has 2 aliphatic rings. The molecule has 3 aromatic rings. The van der Waals surface area contributed by atoms with Crippen LogP contribution in [0.2, 0.25) is 0 Å². The zero-order chi connectivity index (χ0) is 26.9. The Hall–Kier alpha value is -3.34. The van der Waals surface area contributed by atoms with E-state index in [-0.39, 0.29) is 0 Å². The number of hydrogen-bond acceptors (Lipinski definition) is 10. The molecule has 0 atom stereocenters. The van der Waals surface area contributed by atoms with E-state index in [0.29, 0.717) is 25.3 Å². The maximum Gasteiger partial charge on any atom is 0.161 e. The molecule has 2 fully saturated rings. The molecule has 0 saturated carbocycles. The van der Waals surface area contributed by atoms with Crippen molar-refractivity contribution in [2.24, 2.45) is 0 Å². The van der Waals surface area contributed by atoms with E-state index in [2.05, 4.69) is 30.8 Å². The second-order valence-electron chi connectivity index (χ2n) is 10.0. The summed E-state index contributed by atoms with van der Waals surface area (Å²) in [5, 5.41) is 11.4. The van der Waals surface area contributed by atoms with Gasteiger partial charge in [-0.15, -0.1) is 5.10 Å². The van der Waals surface area contributed by atoms with Gasteiger partial charge in [0.05, 0.1) is 39.2 Å². The maximum absolute atomic E-state index is 11.0. The molecule has 0 aliphatic carbocycles. The minimum absolute atomic E-state index is 0.464. The Morgan fingerprint density at radius 2 is 1.69 bits per heavy atom. The van der Waals surface area contributed by atoms with Crippen LogP contribution in [-0.4, -0.2) is 111 Å². The molecule has 0 radical (unpaired) electrons.